The molecule has 0 saturated heterocycles. The lowest BCUT2D eigenvalue weighted by Crippen LogP contribution is -2.59. The van der Waals surface area contributed by atoms with Gasteiger partial charge in [-0.25, -0.2) is 0 Å². The Morgan fingerprint density at radius 1 is 0.600 bits per heavy atom. The van der Waals surface area contributed by atoms with Gasteiger partial charge in [0.1, 0.15) is 5.66 Å². The highest BCUT2D eigenvalue weighted by Gasteiger charge is 2.48. The number of benzene rings is 2. The van der Waals surface area contributed by atoms with E-state index in [0.717, 1.165) is 32.4 Å². The maximum atomic E-state index is 2.72. The molecule has 2 aromatic rings. The van der Waals surface area contributed by atoms with Crippen LogP contribution < -0.4 is 0 Å². The van der Waals surface area contributed by atoms with Gasteiger partial charge in [0.15, 0.2) is 0 Å². The van der Waals surface area contributed by atoms with Crippen molar-refractivity contribution in [2.45, 2.75) is 109 Å². The monoisotopic (exact) mass is 474 g/mol. The predicted octanol–water partition coefficient (Wildman–Crippen LogP) is 9.15. The minimum atomic E-state index is -0.0480. The third-order valence-electron chi connectivity index (χ3n) is 7.86. The summed E-state index contributed by atoms with van der Waals surface area (Å²) in [5.74, 6) is 0.448. The van der Waals surface area contributed by atoms with Gasteiger partial charge in [0.2, 0.25) is 0 Å². The Balaban J connectivity index is 1.77. The smallest absolute Gasteiger partial charge is 0.123 e. The van der Waals surface area contributed by atoms with E-state index >= 15 is 0 Å². The minimum Gasteiger partial charge on any atom is -0.353 e. The van der Waals surface area contributed by atoms with Crippen LogP contribution in [-0.2, 0) is 6.42 Å². The molecule has 0 saturated carbocycles. The number of hydrogen-bond acceptors (Lipinski definition) is 2. The highest BCUT2D eigenvalue weighted by Crippen LogP contribution is 2.45. The van der Waals surface area contributed by atoms with Gasteiger partial charge in [-0.2, -0.15) is 0 Å². The van der Waals surface area contributed by atoms with Gasteiger partial charge in [-0.1, -0.05) is 133 Å². The van der Waals surface area contributed by atoms with Crippen molar-refractivity contribution in [1.82, 2.24) is 9.80 Å². The summed E-state index contributed by atoms with van der Waals surface area (Å²) in [5.41, 5.74) is 2.85. The molecule has 1 aliphatic heterocycles. The van der Waals surface area contributed by atoms with E-state index in [2.05, 4.69) is 104 Å². The van der Waals surface area contributed by atoms with Crippen LogP contribution in [0.2, 0.25) is 0 Å². The molecule has 2 heteroatoms. The van der Waals surface area contributed by atoms with Crippen LogP contribution in [0.4, 0.5) is 0 Å². The SMILES string of the molecule is CCCCCCCCCCCN1C=CN(CCC)C1(Cc1ccccc1)C(CC)c1ccccc1. The molecule has 0 bridgehead atoms. The van der Waals surface area contributed by atoms with E-state index in [0.29, 0.717) is 5.92 Å². The first-order chi connectivity index (χ1) is 17.3. The van der Waals surface area contributed by atoms with Gasteiger partial charge < -0.3 is 9.80 Å². The summed E-state index contributed by atoms with van der Waals surface area (Å²) in [4.78, 5) is 5.40. The van der Waals surface area contributed by atoms with Gasteiger partial charge in [0.05, 0.1) is 0 Å². The summed E-state index contributed by atoms with van der Waals surface area (Å²) in [5, 5.41) is 0. The lowest BCUT2D eigenvalue weighted by molar-refractivity contribution is -0.00287. The average Bonchev–Trinajstić information content (AvgIpc) is 3.22. The highest BCUT2D eigenvalue weighted by atomic mass is 15.4. The second-order valence-electron chi connectivity index (χ2n) is 10.4. The number of nitrogens with zero attached hydrogens (tertiary/aromatic N) is 2. The highest BCUT2D eigenvalue weighted by molar-refractivity contribution is 5.30. The van der Waals surface area contributed by atoms with E-state index in [1.807, 2.05) is 0 Å². The molecule has 0 amide bonds. The molecule has 2 nitrogen and oxygen atoms in total. The van der Waals surface area contributed by atoms with Crippen molar-refractivity contribution in [3.63, 3.8) is 0 Å². The van der Waals surface area contributed by atoms with Gasteiger partial charge in [0.25, 0.3) is 0 Å². The fraction of sp³-hybridized carbons (Fsp3) is 0.576. The minimum absolute atomic E-state index is 0.0480. The van der Waals surface area contributed by atoms with Crippen molar-refractivity contribution in [1.29, 1.82) is 0 Å². The summed E-state index contributed by atoms with van der Waals surface area (Å²) in [6, 6.07) is 22.4. The largest absolute Gasteiger partial charge is 0.353 e. The molecule has 2 unspecified atom stereocenters. The fourth-order valence-corrected chi connectivity index (χ4v) is 6.09. The first kappa shape index (κ1) is 27.4. The Bertz CT molecular complexity index is 831. The van der Waals surface area contributed by atoms with Crippen molar-refractivity contribution in [3.05, 3.63) is 84.2 Å². The van der Waals surface area contributed by atoms with Crippen LogP contribution in [0.25, 0.3) is 0 Å². The van der Waals surface area contributed by atoms with Gasteiger partial charge in [-0.15, -0.1) is 0 Å². The lowest BCUT2D eigenvalue weighted by Gasteiger charge is -2.51. The Kier molecular flexibility index (Phi) is 11.7. The van der Waals surface area contributed by atoms with Gasteiger partial charge >= 0.3 is 0 Å². The van der Waals surface area contributed by atoms with Gasteiger partial charge in [-0.05, 0) is 30.4 Å². The zero-order valence-corrected chi connectivity index (χ0v) is 22.8. The maximum Gasteiger partial charge on any atom is 0.123 e. The van der Waals surface area contributed by atoms with E-state index in [-0.39, 0.29) is 5.66 Å². The number of unbranched alkanes of at least 4 members (excludes halogenated alkanes) is 8. The average molecular weight is 475 g/mol. The molecule has 192 valence electrons. The van der Waals surface area contributed by atoms with E-state index in [1.165, 1.54) is 68.9 Å². The summed E-state index contributed by atoms with van der Waals surface area (Å²) >= 11 is 0. The first-order valence-corrected chi connectivity index (χ1v) is 14.6. The summed E-state index contributed by atoms with van der Waals surface area (Å²) in [6.07, 6.45) is 20.5. The van der Waals surface area contributed by atoms with Crippen LogP contribution in [0.15, 0.2) is 73.1 Å². The van der Waals surface area contributed by atoms with Crippen LogP contribution in [0.1, 0.15) is 108 Å². The standard InChI is InChI=1S/C33H50N2/c1-4-7-8-9-10-11-12-13-20-26-35-28-27-34(25-5-2)33(35,29-30-21-16-14-17-22-30)32(6-3)31-23-18-15-19-24-31/h14-19,21-24,27-28,32H,4-13,20,25-26,29H2,1-3H3. The lowest BCUT2D eigenvalue weighted by atomic mass is 9.78. The Morgan fingerprint density at radius 3 is 1.71 bits per heavy atom. The molecule has 35 heavy (non-hydrogen) atoms. The van der Waals surface area contributed by atoms with Crippen LogP contribution >= 0.6 is 0 Å². The van der Waals surface area contributed by atoms with Crippen LogP contribution in [0.5, 0.6) is 0 Å². The van der Waals surface area contributed by atoms with E-state index in [4.69, 9.17) is 0 Å². The molecule has 1 aliphatic rings. The molecular formula is C33H50N2. The second kappa shape index (κ2) is 15.0. The normalized spacial score (nSPS) is 18.4. The van der Waals surface area contributed by atoms with Gasteiger partial charge in [-0.3, -0.25) is 0 Å². The van der Waals surface area contributed by atoms with Crippen molar-refractivity contribution < 1.29 is 0 Å². The molecule has 0 aliphatic carbocycles. The topological polar surface area (TPSA) is 6.48 Å². The number of hydrogen-bond donors (Lipinski definition) is 0. The molecule has 0 fully saturated rings. The zero-order valence-electron chi connectivity index (χ0n) is 22.8. The van der Waals surface area contributed by atoms with Gasteiger partial charge in [0, 0.05) is 37.8 Å². The molecular weight excluding hydrogens is 424 g/mol. The quantitative estimate of drug-likeness (QED) is 0.211. The Hall–Kier alpha value is -2.22. The molecule has 0 aromatic heterocycles. The van der Waals surface area contributed by atoms with E-state index in [9.17, 15) is 0 Å². The molecule has 0 N–H and O–H groups in total. The fourth-order valence-electron chi connectivity index (χ4n) is 6.09. The zero-order chi connectivity index (χ0) is 24.8. The van der Waals surface area contributed by atoms with E-state index in [1.54, 1.807) is 0 Å². The van der Waals surface area contributed by atoms with Crippen molar-refractivity contribution in [3.8, 4) is 0 Å². The number of rotatable bonds is 17. The molecule has 0 spiro atoms. The molecule has 1 heterocycles. The van der Waals surface area contributed by atoms with Crippen molar-refractivity contribution in [2.75, 3.05) is 13.1 Å². The summed E-state index contributed by atoms with van der Waals surface area (Å²) < 4.78 is 0. The Labute approximate surface area is 216 Å². The van der Waals surface area contributed by atoms with Crippen LogP contribution in [0, 0.1) is 0 Å². The second-order valence-corrected chi connectivity index (χ2v) is 10.4. The Morgan fingerprint density at radius 2 is 1.14 bits per heavy atom. The maximum absolute atomic E-state index is 2.72. The third-order valence-corrected chi connectivity index (χ3v) is 7.86. The van der Waals surface area contributed by atoms with Crippen LogP contribution in [0.3, 0.4) is 0 Å². The summed E-state index contributed by atoms with van der Waals surface area (Å²) in [6.45, 7) is 9.23. The third kappa shape index (κ3) is 7.38. The van der Waals surface area contributed by atoms with E-state index < -0.39 is 0 Å². The van der Waals surface area contributed by atoms with Crippen LogP contribution in [-0.4, -0.2) is 28.6 Å². The van der Waals surface area contributed by atoms with Crippen molar-refractivity contribution in [2.24, 2.45) is 0 Å². The molecule has 0 radical (unpaired) electrons. The summed E-state index contributed by atoms with van der Waals surface area (Å²) in [7, 11) is 0. The first-order valence-electron chi connectivity index (χ1n) is 14.6. The van der Waals surface area contributed by atoms with Crippen molar-refractivity contribution >= 4 is 0 Å². The molecule has 2 atom stereocenters. The predicted molar refractivity (Wildman–Crippen MR) is 152 cm³/mol. The molecule has 3 rings (SSSR count). The molecule has 2 aromatic carbocycles.